The summed E-state index contributed by atoms with van der Waals surface area (Å²) in [5.74, 6) is 1.40. The molecule has 0 unspecified atom stereocenters. The highest BCUT2D eigenvalue weighted by Crippen LogP contribution is 2.37. The SMILES string of the molecule is COc1cc(CN)cc(Br)c1OCc1ccsc1. The van der Waals surface area contributed by atoms with Crippen molar-refractivity contribution in [2.75, 3.05) is 7.11 Å². The number of thiophene rings is 1. The zero-order valence-electron chi connectivity index (χ0n) is 9.98. The van der Waals surface area contributed by atoms with Crippen LogP contribution < -0.4 is 15.2 Å². The van der Waals surface area contributed by atoms with E-state index >= 15 is 0 Å². The average Bonchev–Trinajstić information content (AvgIpc) is 2.89. The van der Waals surface area contributed by atoms with Gasteiger partial charge in [0.15, 0.2) is 11.5 Å². The first-order valence-corrected chi connectivity index (χ1v) is 7.18. The quantitative estimate of drug-likeness (QED) is 0.913. The van der Waals surface area contributed by atoms with E-state index in [2.05, 4.69) is 21.3 Å². The highest BCUT2D eigenvalue weighted by molar-refractivity contribution is 9.10. The highest BCUT2D eigenvalue weighted by atomic mass is 79.9. The van der Waals surface area contributed by atoms with E-state index in [1.165, 1.54) is 0 Å². The van der Waals surface area contributed by atoms with Crippen molar-refractivity contribution in [3.05, 3.63) is 44.6 Å². The Morgan fingerprint density at radius 1 is 1.33 bits per heavy atom. The molecule has 0 amide bonds. The van der Waals surface area contributed by atoms with Crippen molar-refractivity contribution in [1.82, 2.24) is 0 Å². The number of nitrogens with two attached hydrogens (primary N) is 1. The van der Waals surface area contributed by atoms with Gasteiger partial charge in [-0.2, -0.15) is 11.3 Å². The molecule has 1 aromatic heterocycles. The molecule has 2 aromatic rings. The summed E-state index contributed by atoms with van der Waals surface area (Å²) in [5, 5.41) is 4.09. The molecule has 2 rings (SSSR count). The van der Waals surface area contributed by atoms with E-state index in [9.17, 15) is 0 Å². The highest BCUT2D eigenvalue weighted by Gasteiger charge is 2.11. The molecule has 0 bridgehead atoms. The average molecular weight is 328 g/mol. The zero-order valence-corrected chi connectivity index (χ0v) is 12.4. The van der Waals surface area contributed by atoms with Crippen LogP contribution in [0.5, 0.6) is 11.5 Å². The van der Waals surface area contributed by atoms with Gasteiger partial charge in [0.25, 0.3) is 0 Å². The molecule has 2 N–H and O–H groups in total. The Kier molecular flexibility index (Phi) is 4.63. The molecule has 0 aliphatic carbocycles. The molecular weight excluding hydrogens is 314 g/mol. The lowest BCUT2D eigenvalue weighted by atomic mass is 10.2. The fourth-order valence-corrected chi connectivity index (χ4v) is 2.82. The maximum atomic E-state index is 5.80. The molecule has 3 nitrogen and oxygen atoms in total. The van der Waals surface area contributed by atoms with E-state index in [1.807, 2.05) is 23.6 Å². The molecule has 0 aliphatic rings. The van der Waals surface area contributed by atoms with Crippen LogP contribution >= 0.6 is 27.3 Å². The summed E-state index contributed by atoms with van der Waals surface area (Å²) >= 11 is 5.14. The Bertz CT molecular complexity index is 514. The van der Waals surface area contributed by atoms with Crippen molar-refractivity contribution >= 4 is 27.3 Å². The smallest absolute Gasteiger partial charge is 0.175 e. The van der Waals surface area contributed by atoms with Gasteiger partial charge in [-0.05, 0) is 56.0 Å². The van der Waals surface area contributed by atoms with Crippen LogP contribution in [0.15, 0.2) is 33.4 Å². The minimum atomic E-state index is 0.472. The molecule has 1 heterocycles. The van der Waals surface area contributed by atoms with Gasteiger partial charge in [-0.1, -0.05) is 0 Å². The molecule has 0 fully saturated rings. The molecule has 5 heteroatoms. The number of methoxy groups -OCH3 is 1. The maximum absolute atomic E-state index is 5.80. The van der Waals surface area contributed by atoms with Gasteiger partial charge in [-0.3, -0.25) is 0 Å². The third-order valence-electron chi connectivity index (χ3n) is 2.49. The predicted molar refractivity (Wildman–Crippen MR) is 77.2 cm³/mol. The second-order valence-electron chi connectivity index (χ2n) is 3.73. The number of hydrogen-bond acceptors (Lipinski definition) is 4. The van der Waals surface area contributed by atoms with Crippen molar-refractivity contribution in [3.63, 3.8) is 0 Å². The van der Waals surface area contributed by atoms with Gasteiger partial charge in [-0.15, -0.1) is 0 Å². The van der Waals surface area contributed by atoms with Crippen LogP contribution in [-0.4, -0.2) is 7.11 Å². The van der Waals surface area contributed by atoms with Crippen molar-refractivity contribution < 1.29 is 9.47 Å². The topological polar surface area (TPSA) is 44.5 Å². The predicted octanol–water partition coefficient (Wildman–Crippen LogP) is 3.56. The van der Waals surface area contributed by atoms with E-state index in [0.717, 1.165) is 15.6 Å². The summed E-state index contributed by atoms with van der Waals surface area (Å²) in [6, 6.07) is 5.89. The molecule has 0 spiro atoms. The van der Waals surface area contributed by atoms with Crippen molar-refractivity contribution in [2.24, 2.45) is 5.73 Å². The normalized spacial score (nSPS) is 10.4. The zero-order chi connectivity index (χ0) is 13.0. The summed E-state index contributed by atoms with van der Waals surface area (Å²) in [5.41, 5.74) is 7.78. The van der Waals surface area contributed by atoms with Crippen LogP contribution in [0.1, 0.15) is 11.1 Å². The van der Waals surface area contributed by atoms with Crippen LogP contribution in [0.2, 0.25) is 0 Å². The number of benzene rings is 1. The summed E-state index contributed by atoms with van der Waals surface area (Å²) < 4.78 is 12.0. The van der Waals surface area contributed by atoms with Gasteiger partial charge in [0.05, 0.1) is 11.6 Å². The first-order chi connectivity index (χ1) is 8.74. The molecule has 18 heavy (non-hydrogen) atoms. The first-order valence-electron chi connectivity index (χ1n) is 5.45. The Hall–Kier alpha value is -1.04. The summed E-state index contributed by atoms with van der Waals surface area (Å²) in [7, 11) is 1.62. The number of hydrogen-bond donors (Lipinski definition) is 1. The lowest BCUT2D eigenvalue weighted by Gasteiger charge is -2.13. The second kappa shape index (κ2) is 6.22. The van der Waals surface area contributed by atoms with Gasteiger partial charge < -0.3 is 15.2 Å². The van der Waals surface area contributed by atoms with Gasteiger partial charge >= 0.3 is 0 Å². The Morgan fingerprint density at radius 3 is 2.78 bits per heavy atom. The second-order valence-corrected chi connectivity index (χ2v) is 5.37. The minimum absolute atomic E-state index is 0.472. The number of halogens is 1. The van der Waals surface area contributed by atoms with E-state index in [-0.39, 0.29) is 0 Å². The molecular formula is C13H14BrNO2S. The van der Waals surface area contributed by atoms with Crippen molar-refractivity contribution in [3.8, 4) is 11.5 Å². The standard InChI is InChI=1S/C13H14BrNO2S/c1-16-12-5-10(6-15)4-11(14)13(12)17-7-9-2-3-18-8-9/h2-5,8H,6-7,15H2,1H3. The fourth-order valence-electron chi connectivity index (χ4n) is 1.56. The van der Waals surface area contributed by atoms with Crippen LogP contribution in [0.25, 0.3) is 0 Å². The van der Waals surface area contributed by atoms with E-state index in [4.69, 9.17) is 15.2 Å². The maximum Gasteiger partial charge on any atom is 0.175 e. The number of rotatable bonds is 5. The lowest BCUT2D eigenvalue weighted by molar-refractivity contribution is 0.283. The van der Waals surface area contributed by atoms with E-state index in [1.54, 1.807) is 18.4 Å². The largest absolute Gasteiger partial charge is 0.493 e. The van der Waals surface area contributed by atoms with Crippen LogP contribution in [-0.2, 0) is 13.2 Å². The van der Waals surface area contributed by atoms with Crippen LogP contribution in [0.3, 0.4) is 0 Å². The van der Waals surface area contributed by atoms with E-state index < -0.39 is 0 Å². The third kappa shape index (κ3) is 3.04. The van der Waals surface area contributed by atoms with Crippen molar-refractivity contribution in [2.45, 2.75) is 13.2 Å². The Balaban J connectivity index is 2.20. The molecule has 0 radical (unpaired) electrons. The van der Waals surface area contributed by atoms with Gasteiger partial charge in [0.2, 0.25) is 0 Å². The molecule has 96 valence electrons. The molecule has 1 aromatic carbocycles. The molecule has 0 saturated heterocycles. The van der Waals surface area contributed by atoms with Crippen LogP contribution in [0, 0.1) is 0 Å². The summed E-state index contributed by atoms with van der Waals surface area (Å²) in [6.07, 6.45) is 0. The Labute approximate surface area is 119 Å². The number of ether oxygens (including phenoxy) is 2. The van der Waals surface area contributed by atoms with Crippen molar-refractivity contribution in [1.29, 1.82) is 0 Å². The minimum Gasteiger partial charge on any atom is -0.493 e. The third-order valence-corrected chi connectivity index (χ3v) is 3.81. The van der Waals surface area contributed by atoms with Gasteiger partial charge in [0, 0.05) is 6.54 Å². The van der Waals surface area contributed by atoms with E-state index in [0.29, 0.717) is 24.7 Å². The molecule has 0 saturated carbocycles. The fraction of sp³-hybridized carbons (Fsp3) is 0.231. The molecule has 0 aliphatic heterocycles. The lowest BCUT2D eigenvalue weighted by Crippen LogP contribution is -2.01. The van der Waals surface area contributed by atoms with Gasteiger partial charge in [-0.25, -0.2) is 0 Å². The summed E-state index contributed by atoms with van der Waals surface area (Å²) in [4.78, 5) is 0. The monoisotopic (exact) mass is 327 g/mol. The molecule has 0 atom stereocenters. The van der Waals surface area contributed by atoms with Crippen LogP contribution in [0.4, 0.5) is 0 Å². The Morgan fingerprint density at radius 2 is 2.17 bits per heavy atom. The summed E-state index contributed by atoms with van der Waals surface area (Å²) in [6.45, 7) is 1.00. The first kappa shape index (κ1) is 13.4. The van der Waals surface area contributed by atoms with Gasteiger partial charge in [0.1, 0.15) is 6.61 Å².